The third-order valence-electron chi connectivity index (χ3n) is 3.80. The zero-order chi connectivity index (χ0) is 13.5. The van der Waals surface area contributed by atoms with Gasteiger partial charge in [0.1, 0.15) is 11.0 Å². The predicted molar refractivity (Wildman–Crippen MR) is 79.5 cm³/mol. The van der Waals surface area contributed by atoms with Crippen LogP contribution >= 0.6 is 11.6 Å². The van der Waals surface area contributed by atoms with Gasteiger partial charge < -0.3 is 5.32 Å². The Kier molecular flexibility index (Phi) is 2.98. The molecule has 0 saturated carbocycles. The number of pyridine rings is 1. The minimum absolute atomic E-state index is 0.174. The highest BCUT2D eigenvalue weighted by molar-refractivity contribution is 6.29. The molecule has 3 heteroatoms. The number of rotatable bonds is 2. The summed E-state index contributed by atoms with van der Waals surface area (Å²) in [6, 6.07) is 14.6. The monoisotopic (exact) mass is 272 g/mol. The number of hydrogen-bond donors (Lipinski definition) is 1. The average molecular weight is 273 g/mol. The standard InChI is InChI=1S/C16H17ClN2/c1-16(2)10-11-6-3-4-7-12(11)15(16)19-14-9-5-8-13(17)18-14/h3-9,15H,10H2,1-2H3,(H,18,19). The second-order valence-electron chi connectivity index (χ2n) is 5.79. The Morgan fingerprint density at radius 3 is 2.74 bits per heavy atom. The van der Waals surface area contributed by atoms with Gasteiger partial charge in [-0.2, -0.15) is 0 Å². The molecule has 2 nitrogen and oxygen atoms in total. The van der Waals surface area contributed by atoms with E-state index in [4.69, 9.17) is 11.6 Å². The molecule has 0 amide bonds. The fourth-order valence-electron chi connectivity index (χ4n) is 2.90. The first-order valence-electron chi connectivity index (χ1n) is 6.53. The third-order valence-corrected chi connectivity index (χ3v) is 4.01. The maximum absolute atomic E-state index is 5.95. The summed E-state index contributed by atoms with van der Waals surface area (Å²) >= 11 is 5.95. The van der Waals surface area contributed by atoms with Gasteiger partial charge in [0.25, 0.3) is 0 Å². The summed E-state index contributed by atoms with van der Waals surface area (Å²) < 4.78 is 0. The van der Waals surface area contributed by atoms with Crippen molar-refractivity contribution in [2.75, 3.05) is 5.32 Å². The van der Waals surface area contributed by atoms with E-state index in [0.29, 0.717) is 5.15 Å². The Morgan fingerprint density at radius 1 is 1.16 bits per heavy atom. The van der Waals surface area contributed by atoms with Gasteiger partial charge in [-0.25, -0.2) is 4.98 Å². The zero-order valence-electron chi connectivity index (χ0n) is 11.2. The Labute approximate surface area is 118 Å². The van der Waals surface area contributed by atoms with Crippen molar-refractivity contribution < 1.29 is 0 Å². The molecule has 1 unspecified atom stereocenters. The van der Waals surface area contributed by atoms with Crippen LogP contribution in [0, 0.1) is 5.41 Å². The van der Waals surface area contributed by atoms with E-state index in [-0.39, 0.29) is 11.5 Å². The van der Waals surface area contributed by atoms with Crippen molar-refractivity contribution in [3.63, 3.8) is 0 Å². The highest BCUT2D eigenvalue weighted by Gasteiger charge is 2.38. The molecule has 1 aromatic carbocycles. The van der Waals surface area contributed by atoms with E-state index in [1.54, 1.807) is 6.07 Å². The fourth-order valence-corrected chi connectivity index (χ4v) is 3.06. The second-order valence-corrected chi connectivity index (χ2v) is 6.17. The van der Waals surface area contributed by atoms with Crippen LogP contribution in [0.5, 0.6) is 0 Å². The molecular formula is C16H17ClN2. The highest BCUT2D eigenvalue weighted by Crippen LogP contribution is 2.46. The largest absolute Gasteiger partial charge is 0.363 e. The number of aromatic nitrogens is 1. The molecule has 1 N–H and O–H groups in total. The van der Waals surface area contributed by atoms with E-state index in [1.165, 1.54) is 11.1 Å². The lowest BCUT2D eigenvalue weighted by molar-refractivity contribution is 0.336. The zero-order valence-corrected chi connectivity index (χ0v) is 11.9. The van der Waals surface area contributed by atoms with Crippen LogP contribution in [0.15, 0.2) is 42.5 Å². The molecule has 1 aliphatic rings. The molecule has 0 spiro atoms. The summed E-state index contributed by atoms with van der Waals surface area (Å²) in [6.07, 6.45) is 1.08. The first-order valence-corrected chi connectivity index (χ1v) is 6.91. The Hall–Kier alpha value is -1.54. The third kappa shape index (κ3) is 2.33. The average Bonchev–Trinajstić information content (AvgIpc) is 2.61. The number of hydrogen-bond acceptors (Lipinski definition) is 2. The molecular weight excluding hydrogens is 256 g/mol. The number of nitrogens with one attached hydrogen (secondary N) is 1. The van der Waals surface area contributed by atoms with Gasteiger partial charge in [0.15, 0.2) is 0 Å². The molecule has 1 heterocycles. The van der Waals surface area contributed by atoms with Crippen molar-refractivity contribution in [1.29, 1.82) is 0 Å². The van der Waals surface area contributed by atoms with Crippen molar-refractivity contribution in [3.05, 3.63) is 58.7 Å². The predicted octanol–water partition coefficient (Wildman–Crippen LogP) is 4.47. The minimum Gasteiger partial charge on any atom is -0.363 e. The van der Waals surface area contributed by atoms with E-state index in [9.17, 15) is 0 Å². The number of halogens is 1. The topological polar surface area (TPSA) is 24.9 Å². The van der Waals surface area contributed by atoms with Gasteiger partial charge in [0.05, 0.1) is 6.04 Å². The van der Waals surface area contributed by atoms with Gasteiger partial charge in [0.2, 0.25) is 0 Å². The summed E-state index contributed by atoms with van der Waals surface area (Å²) in [5.74, 6) is 0.835. The van der Waals surface area contributed by atoms with Crippen LogP contribution in [0.3, 0.4) is 0 Å². The highest BCUT2D eigenvalue weighted by atomic mass is 35.5. The van der Waals surface area contributed by atoms with E-state index >= 15 is 0 Å². The molecule has 1 atom stereocenters. The van der Waals surface area contributed by atoms with Crippen molar-refractivity contribution >= 4 is 17.4 Å². The van der Waals surface area contributed by atoms with Crippen molar-refractivity contribution in [2.45, 2.75) is 26.3 Å². The molecule has 98 valence electrons. The second kappa shape index (κ2) is 4.53. The van der Waals surface area contributed by atoms with E-state index in [0.717, 1.165) is 12.2 Å². The van der Waals surface area contributed by atoms with Crippen molar-refractivity contribution in [2.24, 2.45) is 5.41 Å². The van der Waals surface area contributed by atoms with Gasteiger partial charge in [-0.1, -0.05) is 55.8 Å². The maximum atomic E-state index is 5.95. The molecule has 0 fully saturated rings. The normalized spacial score (nSPS) is 20.1. The first kappa shape index (κ1) is 12.5. The quantitative estimate of drug-likeness (QED) is 0.816. The van der Waals surface area contributed by atoms with Crippen molar-refractivity contribution in [3.8, 4) is 0 Å². The lowest BCUT2D eigenvalue weighted by Crippen LogP contribution is -2.24. The lowest BCUT2D eigenvalue weighted by Gasteiger charge is -2.29. The first-order chi connectivity index (χ1) is 9.06. The summed E-state index contributed by atoms with van der Waals surface area (Å²) in [5, 5.41) is 4.05. The summed E-state index contributed by atoms with van der Waals surface area (Å²) in [5.41, 5.74) is 2.97. The van der Waals surface area contributed by atoms with Crippen LogP contribution in [0.25, 0.3) is 0 Å². The van der Waals surface area contributed by atoms with Gasteiger partial charge in [-0.3, -0.25) is 0 Å². The van der Waals surface area contributed by atoms with E-state index < -0.39 is 0 Å². The molecule has 19 heavy (non-hydrogen) atoms. The van der Waals surface area contributed by atoms with Gasteiger partial charge in [0, 0.05) is 0 Å². The molecule has 1 aliphatic carbocycles. The minimum atomic E-state index is 0.174. The van der Waals surface area contributed by atoms with Crippen LogP contribution in [-0.2, 0) is 6.42 Å². The van der Waals surface area contributed by atoms with Crippen LogP contribution in [-0.4, -0.2) is 4.98 Å². The lowest BCUT2D eigenvalue weighted by atomic mass is 9.85. The molecule has 3 rings (SSSR count). The Bertz CT molecular complexity index is 607. The number of anilines is 1. The molecule has 1 aromatic heterocycles. The fraction of sp³-hybridized carbons (Fsp3) is 0.312. The van der Waals surface area contributed by atoms with E-state index in [1.807, 2.05) is 12.1 Å². The summed E-state index contributed by atoms with van der Waals surface area (Å²) in [6.45, 7) is 4.57. The van der Waals surface area contributed by atoms with E-state index in [2.05, 4.69) is 48.4 Å². The number of nitrogens with zero attached hydrogens (tertiary/aromatic N) is 1. The number of benzene rings is 1. The SMILES string of the molecule is CC1(C)Cc2ccccc2C1Nc1cccc(Cl)n1. The van der Waals surface area contributed by atoms with Gasteiger partial charge in [-0.05, 0) is 35.1 Å². The Balaban J connectivity index is 1.95. The molecule has 0 aliphatic heterocycles. The van der Waals surface area contributed by atoms with Crippen LogP contribution in [0.4, 0.5) is 5.82 Å². The molecule has 0 saturated heterocycles. The summed E-state index contributed by atoms with van der Waals surface area (Å²) in [4.78, 5) is 4.33. The van der Waals surface area contributed by atoms with Gasteiger partial charge >= 0.3 is 0 Å². The smallest absolute Gasteiger partial charge is 0.131 e. The van der Waals surface area contributed by atoms with Crippen LogP contribution < -0.4 is 5.32 Å². The van der Waals surface area contributed by atoms with Gasteiger partial charge in [-0.15, -0.1) is 0 Å². The van der Waals surface area contributed by atoms with Crippen molar-refractivity contribution in [1.82, 2.24) is 4.98 Å². The van der Waals surface area contributed by atoms with Crippen LogP contribution in [0.1, 0.15) is 31.0 Å². The Morgan fingerprint density at radius 2 is 1.95 bits per heavy atom. The summed E-state index contributed by atoms with van der Waals surface area (Å²) in [7, 11) is 0. The number of fused-ring (bicyclic) bond motifs is 1. The molecule has 0 radical (unpaired) electrons. The molecule has 2 aromatic rings. The molecule has 0 bridgehead atoms. The maximum Gasteiger partial charge on any atom is 0.131 e. The van der Waals surface area contributed by atoms with Crippen LogP contribution in [0.2, 0.25) is 5.15 Å².